The monoisotopic (exact) mass is 338 g/mol. The minimum Gasteiger partial charge on any atom is -0.416 e. The van der Waals surface area contributed by atoms with E-state index >= 15 is 0 Å². The lowest BCUT2D eigenvalue weighted by atomic mass is 9.92. The second-order valence-electron chi connectivity index (χ2n) is 6.57. The van der Waals surface area contributed by atoms with Crippen LogP contribution in [0.5, 0.6) is 0 Å². The molecule has 1 aromatic heterocycles. The van der Waals surface area contributed by atoms with Crippen molar-refractivity contribution in [3.63, 3.8) is 0 Å². The van der Waals surface area contributed by atoms with Crippen molar-refractivity contribution in [3.8, 4) is 0 Å². The van der Waals surface area contributed by atoms with Gasteiger partial charge in [0.2, 0.25) is 11.8 Å². The van der Waals surface area contributed by atoms with Crippen molar-refractivity contribution in [1.82, 2.24) is 20.4 Å². The molecule has 0 radical (unpaired) electrons. The number of hydrogen-bond donors (Lipinski definition) is 1. The predicted octanol–water partition coefficient (Wildman–Crippen LogP) is 2.38. The van der Waals surface area contributed by atoms with Gasteiger partial charge in [-0.2, -0.15) is 0 Å². The first-order valence-electron chi connectivity index (χ1n) is 8.67. The third-order valence-electron chi connectivity index (χ3n) is 4.74. The van der Waals surface area contributed by atoms with Crippen LogP contribution in [-0.2, 0) is 4.79 Å². The van der Waals surface area contributed by atoms with Crippen LogP contribution < -0.4 is 5.32 Å². The van der Waals surface area contributed by atoms with Crippen molar-refractivity contribution in [3.05, 3.63) is 5.89 Å². The highest BCUT2D eigenvalue weighted by molar-refractivity contribution is 7.99. The van der Waals surface area contributed by atoms with E-state index in [9.17, 15) is 4.79 Å². The van der Waals surface area contributed by atoms with E-state index in [0.29, 0.717) is 16.9 Å². The highest BCUT2D eigenvalue weighted by Gasteiger charge is 2.27. The Kier molecular flexibility index (Phi) is 5.94. The Hall–Kier alpha value is -1.08. The number of piperidine rings is 1. The summed E-state index contributed by atoms with van der Waals surface area (Å²) in [7, 11) is 0. The van der Waals surface area contributed by atoms with Crippen molar-refractivity contribution < 1.29 is 9.21 Å². The summed E-state index contributed by atoms with van der Waals surface area (Å²) >= 11 is 1.30. The van der Waals surface area contributed by atoms with Crippen LogP contribution in [0.3, 0.4) is 0 Å². The number of likely N-dealkylation sites (tertiary alicyclic amines) is 1. The number of nitrogens with zero attached hydrogens (tertiary/aromatic N) is 3. The Morgan fingerprint density at radius 2 is 2.09 bits per heavy atom. The van der Waals surface area contributed by atoms with Crippen molar-refractivity contribution in [2.75, 3.05) is 18.8 Å². The second kappa shape index (κ2) is 8.15. The topological polar surface area (TPSA) is 71.3 Å². The highest BCUT2D eigenvalue weighted by Crippen LogP contribution is 2.25. The van der Waals surface area contributed by atoms with Crippen LogP contribution in [0.1, 0.15) is 50.8 Å². The normalized spacial score (nSPS) is 23.8. The first-order chi connectivity index (χ1) is 11.2. The van der Waals surface area contributed by atoms with E-state index in [-0.39, 0.29) is 11.9 Å². The smallest absolute Gasteiger partial charge is 0.277 e. The van der Waals surface area contributed by atoms with E-state index < -0.39 is 0 Å². The van der Waals surface area contributed by atoms with Gasteiger partial charge in [0, 0.05) is 25.6 Å². The lowest BCUT2D eigenvalue weighted by Crippen LogP contribution is -2.51. The molecule has 1 aliphatic carbocycles. The number of aromatic nitrogens is 2. The fourth-order valence-corrected chi connectivity index (χ4v) is 4.25. The number of carbonyl (C=O) groups excluding carboxylic acids is 1. The summed E-state index contributed by atoms with van der Waals surface area (Å²) in [5, 5.41) is 11.3. The zero-order chi connectivity index (χ0) is 16.1. The van der Waals surface area contributed by atoms with Crippen molar-refractivity contribution in [1.29, 1.82) is 0 Å². The summed E-state index contributed by atoms with van der Waals surface area (Å²) in [5.41, 5.74) is 0. The SMILES string of the molecule is Cc1nnc(SCC(=O)NC2CCCN(C3CCCCC3)C2)o1. The van der Waals surface area contributed by atoms with Crippen molar-refractivity contribution in [2.45, 2.75) is 69.2 Å². The van der Waals surface area contributed by atoms with E-state index in [1.165, 1.54) is 56.8 Å². The quantitative estimate of drug-likeness (QED) is 0.831. The number of aryl methyl sites for hydroxylation is 1. The zero-order valence-electron chi connectivity index (χ0n) is 13.8. The third-order valence-corrected chi connectivity index (χ3v) is 5.56. The standard InChI is InChI=1S/C16H26N4O2S/c1-12-18-19-16(22-12)23-11-15(21)17-13-6-5-9-20(10-13)14-7-3-2-4-8-14/h13-14H,2-11H2,1H3,(H,17,21). The van der Waals surface area contributed by atoms with Gasteiger partial charge in [-0.3, -0.25) is 9.69 Å². The van der Waals surface area contributed by atoms with Crippen LogP contribution in [0.25, 0.3) is 0 Å². The lowest BCUT2D eigenvalue weighted by molar-refractivity contribution is -0.119. The highest BCUT2D eigenvalue weighted by atomic mass is 32.2. The van der Waals surface area contributed by atoms with E-state index in [1.54, 1.807) is 6.92 Å². The van der Waals surface area contributed by atoms with Gasteiger partial charge in [-0.15, -0.1) is 10.2 Å². The van der Waals surface area contributed by atoms with E-state index in [1.807, 2.05) is 0 Å². The fourth-order valence-electron chi connectivity index (χ4n) is 3.64. The average Bonchev–Trinajstić information content (AvgIpc) is 3.00. The molecular weight excluding hydrogens is 312 g/mol. The van der Waals surface area contributed by atoms with Gasteiger partial charge in [-0.25, -0.2) is 0 Å². The molecule has 128 valence electrons. The molecule has 0 spiro atoms. The molecule has 1 N–H and O–H groups in total. The molecule has 23 heavy (non-hydrogen) atoms. The van der Waals surface area contributed by atoms with E-state index in [0.717, 1.165) is 19.0 Å². The molecule has 1 saturated carbocycles. The summed E-state index contributed by atoms with van der Waals surface area (Å²) in [6.45, 7) is 3.94. The Bertz CT molecular complexity index is 516. The molecule has 6 nitrogen and oxygen atoms in total. The minimum atomic E-state index is 0.0568. The van der Waals surface area contributed by atoms with Gasteiger partial charge >= 0.3 is 0 Å². The van der Waals surface area contributed by atoms with Crippen LogP contribution in [0.15, 0.2) is 9.64 Å². The lowest BCUT2D eigenvalue weighted by Gasteiger charge is -2.40. The minimum absolute atomic E-state index is 0.0568. The number of rotatable bonds is 5. The number of thioether (sulfide) groups is 1. The third kappa shape index (κ3) is 4.94. The Morgan fingerprint density at radius 1 is 1.26 bits per heavy atom. The van der Waals surface area contributed by atoms with Crippen molar-refractivity contribution in [2.24, 2.45) is 0 Å². The molecule has 2 heterocycles. The summed E-state index contributed by atoms with van der Waals surface area (Å²) in [4.78, 5) is 14.7. The summed E-state index contributed by atoms with van der Waals surface area (Å²) in [5.74, 6) is 0.923. The molecule has 1 saturated heterocycles. The van der Waals surface area contributed by atoms with Gasteiger partial charge in [0.15, 0.2) is 0 Å². The van der Waals surface area contributed by atoms with E-state index in [4.69, 9.17) is 4.42 Å². The number of carbonyl (C=O) groups is 1. The zero-order valence-corrected chi connectivity index (χ0v) is 14.6. The van der Waals surface area contributed by atoms with Gasteiger partial charge in [0.1, 0.15) is 0 Å². The van der Waals surface area contributed by atoms with Gasteiger partial charge in [-0.05, 0) is 32.2 Å². The maximum Gasteiger partial charge on any atom is 0.277 e. The van der Waals surface area contributed by atoms with Crippen molar-refractivity contribution >= 4 is 17.7 Å². The molecule has 2 aliphatic rings. The van der Waals surface area contributed by atoms with Crippen LogP contribution >= 0.6 is 11.8 Å². The molecule has 1 aliphatic heterocycles. The summed E-state index contributed by atoms with van der Waals surface area (Å²) < 4.78 is 5.27. The first-order valence-corrected chi connectivity index (χ1v) is 9.65. The molecule has 0 bridgehead atoms. The average molecular weight is 338 g/mol. The first kappa shape index (κ1) is 16.8. The Balaban J connectivity index is 1.42. The summed E-state index contributed by atoms with van der Waals surface area (Å²) in [6.07, 6.45) is 9.02. The van der Waals surface area contributed by atoms with Crippen LogP contribution in [-0.4, -0.2) is 51.9 Å². The molecule has 1 amide bonds. The van der Waals surface area contributed by atoms with Gasteiger partial charge in [-0.1, -0.05) is 31.0 Å². The second-order valence-corrected chi connectivity index (χ2v) is 7.50. The van der Waals surface area contributed by atoms with E-state index in [2.05, 4.69) is 20.4 Å². The van der Waals surface area contributed by atoms with Crippen LogP contribution in [0.2, 0.25) is 0 Å². The number of amides is 1. The Morgan fingerprint density at radius 3 is 2.83 bits per heavy atom. The molecule has 7 heteroatoms. The molecular formula is C16H26N4O2S. The molecule has 2 fully saturated rings. The fraction of sp³-hybridized carbons (Fsp3) is 0.812. The summed E-state index contributed by atoms with van der Waals surface area (Å²) in [6, 6.07) is 1.02. The molecule has 1 atom stereocenters. The van der Waals surface area contributed by atoms with Gasteiger partial charge < -0.3 is 9.73 Å². The van der Waals surface area contributed by atoms with Gasteiger partial charge in [0.25, 0.3) is 5.22 Å². The Labute approximate surface area is 141 Å². The number of nitrogens with one attached hydrogen (secondary N) is 1. The molecule has 0 aromatic carbocycles. The predicted molar refractivity (Wildman–Crippen MR) is 89.4 cm³/mol. The van der Waals surface area contributed by atoms with Crippen LogP contribution in [0.4, 0.5) is 0 Å². The maximum atomic E-state index is 12.1. The maximum absolute atomic E-state index is 12.1. The molecule has 1 unspecified atom stereocenters. The largest absolute Gasteiger partial charge is 0.416 e. The number of hydrogen-bond acceptors (Lipinski definition) is 6. The van der Waals surface area contributed by atoms with Gasteiger partial charge in [0.05, 0.1) is 5.75 Å². The molecule has 1 aromatic rings. The molecule has 3 rings (SSSR count). The van der Waals surface area contributed by atoms with Crippen LogP contribution in [0, 0.1) is 6.92 Å².